The molecule has 134 valence electrons. The van der Waals surface area contributed by atoms with Gasteiger partial charge in [0.1, 0.15) is 5.75 Å². The standard InChI is InChI=1S/C20H26N2O2S/c1-24-18-6-2-5-17(15-18)21-16-10-12-22(13-11-16)20(23)9-3-7-19-8-4-14-25-19/h2,4-6,8,14-16,21H,3,7,9-13H2,1H3. The highest BCUT2D eigenvalue weighted by molar-refractivity contribution is 7.09. The van der Waals surface area contributed by atoms with Crippen LogP contribution in [0, 0.1) is 0 Å². The largest absolute Gasteiger partial charge is 0.497 e. The predicted octanol–water partition coefficient (Wildman–Crippen LogP) is 4.18. The fraction of sp³-hybridized carbons (Fsp3) is 0.450. The average molecular weight is 359 g/mol. The van der Waals surface area contributed by atoms with Crippen molar-refractivity contribution in [3.8, 4) is 5.75 Å². The van der Waals surface area contributed by atoms with E-state index >= 15 is 0 Å². The summed E-state index contributed by atoms with van der Waals surface area (Å²) in [6.45, 7) is 1.69. The molecule has 1 fully saturated rings. The summed E-state index contributed by atoms with van der Waals surface area (Å²) in [5.41, 5.74) is 1.08. The number of aryl methyl sites for hydroxylation is 1. The molecule has 0 radical (unpaired) electrons. The lowest BCUT2D eigenvalue weighted by molar-refractivity contribution is -0.132. The number of carbonyl (C=O) groups excluding carboxylic acids is 1. The van der Waals surface area contributed by atoms with Crippen LogP contribution in [-0.2, 0) is 11.2 Å². The second kappa shape index (κ2) is 8.90. The predicted molar refractivity (Wildman–Crippen MR) is 103 cm³/mol. The molecule has 2 heterocycles. The second-order valence-corrected chi connectivity index (χ2v) is 7.50. The molecule has 1 aliphatic rings. The first-order valence-electron chi connectivity index (χ1n) is 8.95. The molecule has 1 amide bonds. The summed E-state index contributed by atoms with van der Waals surface area (Å²) in [5, 5.41) is 5.65. The number of anilines is 1. The van der Waals surface area contributed by atoms with E-state index < -0.39 is 0 Å². The molecule has 1 aliphatic heterocycles. The smallest absolute Gasteiger partial charge is 0.222 e. The van der Waals surface area contributed by atoms with Gasteiger partial charge in [0.15, 0.2) is 0 Å². The van der Waals surface area contributed by atoms with Crippen LogP contribution in [0.3, 0.4) is 0 Å². The lowest BCUT2D eigenvalue weighted by Crippen LogP contribution is -2.42. The minimum absolute atomic E-state index is 0.302. The Morgan fingerprint density at radius 3 is 2.84 bits per heavy atom. The molecular weight excluding hydrogens is 332 g/mol. The van der Waals surface area contributed by atoms with E-state index in [1.54, 1.807) is 18.4 Å². The molecule has 0 atom stereocenters. The van der Waals surface area contributed by atoms with E-state index in [1.165, 1.54) is 4.88 Å². The Morgan fingerprint density at radius 1 is 1.28 bits per heavy atom. The first kappa shape index (κ1) is 17.8. The number of hydrogen-bond donors (Lipinski definition) is 1. The summed E-state index contributed by atoms with van der Waals surface area (Å²) in [6, 6.07) is 12.7. The van der Waals surface area contributed by atoms with Gasteiger partial charge < -0.3 is 15.0 Å². The zero-order chi connectivity index (χ0) is 17.5. The highest BCUT2D eigenvalue weighted by Crippen LogP contribution is 2.21. The molecule has 3 rings (SSSR count). The maximum absolute atomic E-state index is 12.4. The minimum atomic E-state index is 0.302. The molecule has 1 aromatic heterocycles. The van der Waals surface area contributed by atoms with Crippen LogP contribution in [0.1, 0.15) is 30.6 Å². The highest BCUT2D eigenvalue weighted by atomic mass is 32.1. The lowest BCUT2D eigenvalue weighted by atomic mass is 10.0. The van der Waals surface area contributed by atoms with Crippen LogP contribution in [0.15, 0.2) is 41.8 Å². The summed E-state index contributed by atoms with van der Waals surface area (Å²) in [6.07, 6.45) is 4.60. The molecular formula is C20H26N2O2S. The second-order valence-electron chi connectivity index (χ2n) is 6.46. The van der Waals surface area contributed by atoms with Crippen LogP contribution < -0.4 is 10.1 Å². The first-order chi connectivity index (χ1) is 12.2. The monoisotopic (exact) mass is 358 g/mol. The molecule has 5 heteroatoms. The van der Waals surface area contributed by atoms with Gasteiger partial charge in [-0.05, 0) is 49.3 Å². The van der Waals surface area contributed by atoms with Crippen molar-refractivity contribution in [2.24, 2.45) is 0 Å². The number of rotatable bonds is 7. The summed E-state index contributed by atoms with van der Waals surface area (Å²) in [4.78, 5) is 15.8. The van der Waals surface area contributed by atoms with E-state index in [0.29, 0.717) is 18.4 Å². The molecule has 1 aromatic carbocycles. The number of nitrogens with zero attached hydrogens (tertiary/aromatic N) is 1. The summed E-state index contributed by atoms with van der Waals surface area (Å²) >= 11 is 1.77. The van der Waals surface area contributed by atoms with Crippen LogP contribution in [0.2, 0.25) is 0 Å². The molecule has 4 nitrogen and oxygen atoms in total. The van der Waals surface area contributed by atoms with Gasteiger partial charge in [0.2, 0.25) is 5.91 Å². The number of carbonyl (C=O) groups is 1. The maximum atomic E-state index is 12.4. The van der Waals surface area contributed by atoms with Gasteiger partial charge in [-0.2, -0.15) is 0 Å². The maximum Gasteiger partial charge on any atom is 0.222 e. The third kappa shape index (κ3) is 5.23. The van der Waals surface area contributed by atoms with E-state index in [4.69, 9.17) is 4.74 Å². The Hall–Kier alpha value is -2.01. The number of piperidine rings is 1. The summed E-state index contributed by atoms with van der Waals surface area (Å²) in [5.74, 6) is 1.17. The topological polar surface area (TPSA) is 41.6 Å². The SMILES string of the molecule is COc1cccc(NC2CCN(C(=O)CCCc3cccs3)CC2)c1. The van der Waals surface area contributed by atoms with Gasteiger partial charge in [0.25, 0.3) is 0 Å². The number of likely N-dealkylation sites (tertiary alicyclic amines) is 1. The van der Waals surface area contributed by atoms with Gasteiger partial charge in [0.05, 0.1) is 7.11 Å². The Morgan fingerprint density at radius 2 is 2.12 bits per heavy atom. The number of thiophene rings is 1. The number of ether oxygens (including phenoxy) is 1. The van der Waals surface area contributed by atoms with Crippen LogP contribution >= 0.6 is 11.3 Å². The van der Waals surface area contributed by atoms with E-state index in [2.05, 4.69) is 28.9 Å². The molecule has 1 saturated heterocycles. The van der Waals surface area contributed by atoms with E-state index in [1.807, 2.05) is 23.1 Å². The van der Waals surface area contributed by atoms with Gasteiger partial charge in [-0.3, -0.25) is 4.79 Å². The van der Waals surface area contributed by atoms with E-state index in [-0.39, 0.29) is 0 Å². The lowest BCUT2D eigenvalue weighted by Gasteiger charge is -2.33. The molecule has 25 heavy (non-hydrogen) atoms. The van der Waals surface area contributed by atoms with Crippen molar-refractivity contribution in [1.29, 1.82) is 0 Å². The van der Waals surface area contributed by atoms with Crippen molar-refractivity contribution >= 4 is 22.9 Å². The van der Waals surface area contributed by atoms with Gasteiger partial charge in [0, 0.05) is 42.2 Å². The fourth-order valence-corrected chi connectivity index (χ4v) is 4.00. The Kier molecular flexibility index (Phi) is 6.34. The molecule has 0 saturated carbocycles. The van der Waals surface area contributed by atoms with Crippen molar-refractivity contribution in [3.05, 3.63) is 46.7 Å². The molecule has 1 N–H and O–H groups in total. The normalized spacial score (nSPS) is 15.2. The zero-order valence-electron chi connectivity index (χ0n) is 14.7. The minimum Gasteiger partial charge on any atom is -0.497 e. The molecule has 0 bridgehead atoms. The number of amides is 1. The zero-order valence-corrected chi connectivity index (χ0v) is 15.6. The van der Waals surface area contributed by atoms with Crippen molar-refractivity contribution in [2.75, 3.05) is 25.5 Å². The van der Waals surface area contributed by atoms with Crippen LogP contribution in [0.5, 0.6) is 5.75 Å². The molecule has 0 unspecified atom stereocenters. The van der Waals surface area contributed by atoms with Crippen LogP contribution in [0.4, 0.5) is 5.69 Å². The summed E-state index contributed by atoms with van der Waals surface area (Å²) < 4.78 is 5.26. The third-order valence-corrected chi connectivity index (χ3v) is 5.62. The van der Waals surface area contributed by atoms with Crippen molar-refractivity contribution in [1.82, 2.24) is 4.90 Å². The molecule has 0 aliphatic carbocycles. The van der Waals surface area contributed by atoms with E-state index in [9.17, 15) is 4.79 Å². The van der Waals surface area contributed by atoms with Gasteiger partial charge in [-0.1, -0.05) is 12.1 Å². The van der Waals surface area contributed by atoms with Crippen molar-refractivity contribution in [3.63, 3.8) is 0 Å². The number of hydrogen-bond acceptors (Lipinski definition) is 4. The van der Waals surface area contributed by atoms with Crippen LogP contribution in [-0.4, -0.2) is 37.0 Å². The molecule has 2 aromatic rings. The Balaban J connectivity index is 1.39. The van der Waals surface area contributed by atoms with Crippen LogP contribution in [0.25, 0.3) is 0 Å². The molecule has 0 spiro atoms. The average Bonchev–Trinajstić information content (AvgIpc) is 3.16. The van der Waals surface area contributed by atoms with Crippen molar-refractivity contribution < 1.29 is 9.53 Å². The Bertz CT molecular complexity index is 664. The van der Waals surface area contributed by atoms with Gasteiger partial charge >= 0.3 is 0 Å². The summed E-state index contributed by atoms with van der Waals surface area (Å²) in [7, 11) is 1.68. The van der Waals surface area contributed by atoms with Crippen molar-refractivity contribution in [2.45, 2.75) is 38.1 Å². The fourth-order valence-electron chi connectivity index (χ4n) is 3.25. The quantitative estimate of drug-likeness (QED) is 0.807. The number of nitrogens with one attached hydrogen (secondary N) is 1. The van der Waals surface area contributed by atoms with E-state index in [0.717, 1.165) is 50.2 Å². The highest BCUT2D eigenvalue weighted by Gasteiger charge is 2.22. The number of benzene rings is 1. The Labute approximate surface area is 153 Å². The number of methoxy groups -OCH3 is 1. The first-order valence-corrected chi connectivity index (χ1v) is 9.83. The van der Waals surface area contributed by atoms with Gasteiger partial charge in [-0.15, -0.1) is 11.3 Å². The van der Waals surface area contributed by atoms with Gasteiger partial charge in [-0.25, -0.2) is 0 Å². The third-order valence-electron chi connectivity index (χ3n) is 4.68.